The van der Waals surface area contributed by atoms with Crippen LogP contribution in [0.3, 0.4) is 0 Å². The van der Waals surface area contributed by atoms with Crippen LogP contribution in [-0.4, -0.2) is 41.0 Å². The van der Waals surface area contributed by atoms with Gasteiger partial charge < -0.3 is 10.6 Å². The Morgan fingerprint density at radius 1 is 1.50 bits per heavy atom. The van der Waals surface area contributed by atoms with E-state index in [1.165, 1.54) is 0 Å². The molecule has 0 radical (unpaired) electrons. The summed E-state index contributed by atoms with van der Waals surface area (Å²) in [6, 6.07) is 0. The Morgan fingerprint density at radius 2 is 2.31 bits per heavy atom. The zero-order chi connectivity index (χ0) is 11.2. The van der Waals surface area contributed by atoms with Gasteiger partial charge in [-0.3, -0.25) is 4.79 Å². The standard InChI is InChI=1S/C10H17N5O/c16-10(8-1-4-11-5-2-8)12-6-3-9-7-13-15-14-9/h7-8,11H,1-6H2,(H,12,16)(H,13,14,15). The van der Waals surface area contributed by atoms with Crippen molar-refractivity contribution in [3.8, 4) is 0 Å². The molecule has 1 amide bonds. The van der Waals surface area contributed by atoms with Crippen molar-refractivity contribution >= 4 is 5.91 Å². The molecular formula is C10H17N5O. The summed E-state index contributed by atoms with van der Waals surface area (Å²) < 4.78 is 0. The Bertz CT molecular complexity index is 318. The number of amides is 1. The third-order valence-electron chi connectivity index (χ3n) is 2.86. The molecule has 1 aromatic rings. The number of nitrogens with one attached hydrogen (secondary N) is 3. The van der Waals surface area contributed by atoms with Crippen LogP contribution in [0.15, 0.2) is 6.20 Å². The Hall–Kier alpha value is -1.43. The van der Waals surface area contributed by atoms with Crippen LogP contribution in [0.5, 0.6) is 0 Å². The van der Waals surface area contributed by atoms with Crippen molar-refractivity contribution in [3.63, 3.8) is 0 Å². The molecule has 2 heterocycles. The minimum absolute atomic E-state index is 0.171. The highest BCUT2D eigenvalue weighted by Crippen LogP contribution is 2.11. The van der Waals surface area contributed by atoms with Crippen LogP contribution >= 0.6 is 0 Å². The quantitative estimate of drug-likeness (QED) is 0.640. The number of H-pyrrole nitrogens is 1. The maximum atomic E-state index is 11.7. The van der Waals surface area contributed by atoms with Crippen molar-refractivity contribution in [1.29, 1.82) is 0 Å². The van der Waals surface area contributed by atoms with E-state index in [1.54, 1.807) is 6.20 Å². The van der Waals surface area contributed by atoms with E-state index >= 15 is 0 Å². The van der Waals surface area contributed by atoms with Gasteiger partial charge in [-0.25, -0.2) is 0 Å². The summed E-state index contributed by atoms with van der Waals surface area (Å²) in [4.78, 5) is 11.7. The maximum Gasteiger partial charge on any atom is 0.223 e. The number of piperidine rings is 1. The summed E-state index contributed by atoms with van der Waals surface area (Å²) in [5.74, 6) is 0.351. The third-order valence-corrected chi connectivity index (χ3v) is 2.86. The van der Waals surface area contributed by atoms with E-state index in [2.05, 4.69) is 26.0 Å². The van der Waals surface area contributed by atoms with Crippen LogP contribution < -0.4 is 10.6 Å². The minimum atomic E-state index is 0.171. The molecule has 0 saturated carbocycles. The highest BCUT2D eigenvalue weighted by atomic mass is 16.1. The molecule has 0 atom stereocenters. The van der Waals surface area contributed by atoms with Gasteiger partial charge >= 0.3 is 0 Å². The van der Waals surface area contributed by atoms with Crippen molar-refractivity contribution in [2.75, 3.05) is 19.6 Å². The SMILES string of the molecule is O=C(NCCc1cn[nH]n1)C1CCNCC1. The topological polar surface area (TPSA) is 82.7 Å². The number of aromatic amines is 1. The van der Waals surface area contributed by atoms with Gasteiger partial charge in [0, 0.05) is 18.9 Å². The van der Waals surface area contributed by atoms with E-state index in [4.69, 9.17) is 0 Å². The van der Waals surface area contributed by atoms with Gasteiger partial charge in [0.1, 0.15) is 0 Å². The molecule has 0 unspecified atom stereocenters. The number of hydrogen-bond acceptors (Lipinski definition) is 4. The van der Waals surface area contributed by atoms with Gasteiger partial charge in [0.25, 0.3) is 0 Å². The molecule has 0 aliphatic carbocycles. The van der Waals surface area contributed by atoms with Crippen LogP contribution in [-0.2, 0) is 11.2 Å². The summed E-state index contributed by atoms with van der Waals surface area (Å²) in [6.45, 7) is 2.53. The van der Waals surface area contributed by atoms with Crippen LogP contribution in [0, 0.1) is 5.92 Å². The molecular weight excluding hydrogens is 206 g/mol. The predicted molar refractivity (Wildman–Crippen MR) is 58.7 cm³/mol. The fourth-order valence-electron chi connectivity index (χ4n) is 1.89. The highest BCUT2D eigenvalue weighted by Gasteiger charge is 2.20. The first kappa shape index (κ1) is 11.1. The molecule has 1 aliphatic rings. The van der Waals surface area contributed by atoms with Crippen LogP contribution in [0.4, 0.5) is 0 Å². The molecule has 1 saturated heterocycles. The van der Waals surface area contributed by atoms with Gasteiger partial charge in [0.05, 0.1) is 11.9 Å². The molecule has 1 aliphatic heterocycles. The molecule has 3 N–H and O–H groups in total. The number of hydrogen-bond donors (Lipinski definition) is 3. The lowest BCUT2D eigenvalue weighted by molar-refractivity contribution is -0.125. The van der Waals surface area contributed by atoms with Crippen molar-refractivity contribution in [2.24, 2.45) is 5.92 Å². The van der Waals surface area contributed by atoms with Crippen molar-refractivity contribution in [1.82, 2.24) is 26.0 Å². The summed E-state index contributed by atoms with van der Waals surface area (Å²) >= 11 is 0. The zero-order valence-corrected chi connectivity index (χ0v) is 9.20. The maximum absolute atomic E-state index is 11.7. The number of rotatable bonds is 4. The molecule has 16 heavy (non-hydrogen) atoms. The average Bonchev–Trinajstić information content (AvgIpc) is 2.83. The summed E-state index contributed by atoms with van der Waals surface area (Å²) in [6.07, 6.45) is 4.29. The lowest BCUT2D eigenvalue weighted by atomic mass is 9.97. The molecule has 0 aromatic carbocycles. The highest BCUT2D eigenvalue weighted by molar-refractivity contribution is 5.78. The Morgan fingerprint density at radius 3 is 3.00 bits per heavy atom. The predicted octanol–water partition coefficient (Wildman–Crippen LogP) is -0.537. The third kappa shape index (κ3) is 3.03. The van der Waals surface area contributed by atoms with E-state index < -0.39 is 0 Å². The van der Waals surface area contributed by atoms with Gasteiger partial charge in [-0.1, -0.05) is 0 Å². The monoisotopic (exact) mass is 223 g/mol. The normalized spacial score (nSPS) is 17.2. The molecule has 6 nitrogen and oxygen atoms in total. The molecule has 88 valence electrons. The first-order valence-electron chi connectivity index (χ1n) is 5.69. The van der Waals surface area contributed by atoms with Crippen molar-refractivity contribution < 1.29 is 4.79 Å². The first-order chi connectivity index (χ1) is 7.86. The average molecular weight is 223 g/mol. The Kier molecular flexibility index (Phi) is 3.87. The minimum Gasteiger partial charge on any atom is -0.355 e. The number of nitrogens with zero attached hydrogens (tertiary/aromatic N) is 2. The van der Waals surface area contributed by atoms with E-state index in [9.17, 15) is 4.79 Å². The van der Waals surface area contributed by atoms with Gasteiger partial charge in [-0.05, 0) is 25.9 Å². The van der Waals surface area contributed by atoms with Crippen molar-refractivity contribution in [2.45, 2.75) is 19.3 Å². The van der Waals surface area contributed by atoms with Gasteiger partial charge in [0.15, 0.2) is 0 Å². The summed E-state index contributed by atoms with van der Waals surface area (Å²) in [7, 11) is 0. The Labute approximate surface area is 94.2 Å². The second-order valence-electron chi connectivity index (χ2n) is 4.03. The molecule has 0 bridgehead atoms. The lowest BCUT2D eigenvalue weighted by Gasteiger charge is -2.21. The van der Waals surface area contributed by atoms with Crippen LogP contribution in [0.2, 0.25) is 0 Å². The van der Waals surface area contributed by atoms with Gasteiger partial charge in [-0.2, -0.15) is 15.4 Å². The van der Waals surface area contributed by atoms with Crippen LogP contribution in [0.1, 0.15) is 18.5 Å². The molecule has 1 aromatic heterocycles. The molecule has 6 heteroatoms. The zero-order valence-electron chi connectivity index (χ0n) is 9.20. The fraction of sp³-hybridized carbons (Fsp3) is 0.700. The van der Waals surface area contributed by atoms with E-state index in [-0.39, 0.29) is 11.8 Å². The van der Waals surface area contributed by atoms with Gasteiger partial charge in [-0.15, -0.1) is 0 Å². The van der Waals surface area contributed by atoms with E-state index in [0.29, 0.717) is 6.54 Å². The second kappa shape index (κ2) is 5.60. The molecule has 0 spiro atoms. The first-order valence-corrected chi connectivity index (χ1v) is 5.69. The van der Waals surface area contributed by atoms with Crippen LogP contribution in [0.25, 0.3) is 0 Å². The van der Waals surface area contributed by atoms with E-state index in [1.807, 2.05) is 0 Å². The largest absolute Gasteiger partial charge is 0.355 e. The Balaban J connectivity index is 1.67. The molecule has 2 rings (SSSR count). The van der Waals surface area contributed by atoms with Crippen molar-refractivity contribution in [3.05, 3.63) is 11.9 Å². The smallest absolute Gasteiger partial charge is 0.223 e. The summed E-state index contributed by atoms with van der Waals surface area (Å²) in [5, 5.41) is 16.4. The van der Waals surface area contributed by atoms with E-state index in [0.717, 1.165) is 38.0 Å². The van der Waals surface area contributed by atoms with Gasteiger partial charge in [0.2, 0.25) is 5.91 Å². The number of carbonyl (C=O) groups excluding carboxylic acids is 1. The fourth-order valence-corrected chi connectivity index (χ4v) is 1.89. The second-order valence-corrected chi connectivity index (χ2v) is 4.03. The number of aromatic nitrogens is 3. The number of carbonyl (C=O) groups is 1. The lowest BCUT2D eigenvalue weighted by Crippen LogP contribution is -2.38. The molecule has 1 fully saturated rings. The summed E-state index contributed by atoms with van der Waals surface area (Å²) in [5.41, 5.74) is 0.880.